The van der Waals surface area contributed by atoms with E-state index in [2.05, 4.69) is 5.32 Å². The van der Waals surface area contributed by atoms with Crippen LogP contribution in [-0.2, 0) is 0 Å². The summed E-state index contributed by atoms with van der Waals surface area (Å²) in [6, 6.07) is 3.24. The number of phenolic OH excluding ortho intramolecular Hbond substituents is 1. The first-order valence-corrected chi connectivity index (χ1v) is 5.77. The molecule has 5 heteroatoms. The summed E-state index contributed by atoms with van der Waals surface area (Å²) in [6.45, 7) is 4.01. The summed E-state index contributed by atoms with van der Waals surface area (Å²) in [5.41, 5.74) is 0.662. The van der Waals surface area contributed by atoms with Crippen molar-refractivity contribution < 1.29 is 10.2 Å². The number of hydrogen-bond donors (Lipinski definition) is 3. The first kappa shape index (κ1) is 13.6. The van der Waals surface area contributed by atoms with E-state index in [9.17, 15) is 5.11 Å². The van der Waals surface area contributed by atoms with Crippen LogP contribution in [0, 0.1) is 0 Å². The van der Waals surface area contributed by atoms with Crippen LogP contribution in [0.15, 0.2) is 12.1 Å². The first-order chi connectivity index (χ1) is 7.43. The minimum Gasteiger partial charge on any atom is -0.506 e. The van der Waals surface area contributed by atoms with Crippen molar-refractivity contribution in [2.45, 2.75) is 26.0 Å². The van der Waals surface area contributed by atoms with Crippen LogP contribution < -0.4 is 5.32 Å². The van der Waals surface area contributed by atoms with Crippen molar-refractivity contribution in [3.05, 3.63) is 27.7 Å². The lowest BCUT2D eigenvalue weighted by molar-refractivity contribution is 0.187. The van der Waals surface area contributed by atoms with Crippen LogP contribution in [0.2, 0.25) is 10.0 Å². The van der Waals surface area contributed by atoms with Crippen LogP contribution in [0.5, 0.6) is 5.75 Å². The second kappa shape index (κ2) is 5.73. The Bertz CT molecular complexity index is 369. The number of aliphatic hydroxyl groups is 1. The van der Waals surface area contributed by atoms with E-state index < -0.39 is 6.10 Å². The number of aliphatic hydroxyl groups excluding tert-OH is 1. The number of nitrogens with one attached hydrogen (secondary N) is 1. The molecule has 1 rings (SSSR count). The molecule has 0 aliphatic rings. The van der Waals surface area contributed by atoms with E-state index in [-0.39, 0.29) is 16.8 Å². The maximum Gasteiger partial charge on any atom is 0.140 e. The molecule has 0 aliphatic carbocycles. The van der Waals surface area contributed by atoms with Gasteiger partial charge in [-0.25, -0.2) is 0 Å². The number of rotatable bonds is 4. The van der Waals surface area contributed by atoms with Gasteiger partial charge < -0.3 is 15.5 Å². The Balaban J connectivity index is 2.84. The van der Waals surface area contributed by atoms with Gasteiger partial charge in [0.25, 0.3) is 0 Å². The molecule has 16 heavy (non-hydrogen) atoms. The topological polar surface area (TPSA) is 52.5 Å². The Kier molecular flexibility index (Phi) is 4.87. The lowest BCUT2D eigenvalue weighted by Gasteiger charge is -2.17. The normalized spacial score (nSPS) is 14.8. The second-order valence-corrected chi connectivity index (χ2v) is 4.56. The van der Waals surface area contributed by atoms with E-state index >= 15 is 0 Å². The minimum atomic E-state index is -0.438. The summed E-state index contributed by atoms with van der Waals surface area (Å²) in [7, 11) is 0. The molecule has 90 valence electrons. The van der Waals surface area contributed by atoms with Crippen molar-refractivity contribution in [1.82, 2.24) is 5.32 Å². The third-order valence-corrected chi connectivity index (χ3v) is 3.08. The highest BCUT2D eigenvalue weighted by Gasteiger charge is 2.14. The number of phenols is 1. The zero-order chi connectivity index (χ0) is 12.3. The fourth-order valence-electron chi connectivity index (χ4n) is 1.36. The average Bonchev–Trinajstić information content (AvgIpc) is 2.23. The molecule has 0 heterocycles. The minimum absolute atomic E-state index is 0.0141. The molecule has 3 N–H and O–H groups in total. The number of aromatic hydroxyl groups is 1. The first-order valence-electron chi connectivity index (χ1n) is 5.01. The number of halogens is 2. The highest BCUT2D eigenvalue weighted by molar-refractivity contribution is 6.43. The maximum atomic E-state index is 9.80. The zero-order valence-corrected chi connectivity index (χ0v) is 10.7. The van der Waals surface area contributed by atoms with E-state index in [0.717, 1.165) is 0 Å². The Morgan fingerprint density at radius 2 is 1.94 bits per heavy atom. The van der Waals surface area contributed by atoms with Gasteiger partial charge in [0, 0.05) is 18.2 Å². The van der Waals surface area contributed by atoms with E-state index in [0.29, 0.717) is 17.1 Å². The van der Waals surface area contributed by atoms with Gasteiger partial charge in [-0.05, 0) is 19.9 Å². The van der Waals surface area contributed by atoms with Crippen molar-refractivity contribution in [2.24, 2.45) is 0 Å². The van der Waals surface area contributed by atoms with Crippen molar-refractivity contribution in [1.29, 1.82) is 0 Å². The zero-order valence-electron chi connectivity index (χ0n) is 9.17. The summed E-state index contributed by atoms with van der Waals surface area (Å²) >= 11 is 11.6. The Hall–Kier alpha value is -0.480. The molecular weight excluding hydrogens is 249 g/mol. The SMILES string of the molecule is CC(NC[C@@H](C)O)c1ccc(Cl)c(Cl)c1O. The van der Waals surface area contributed by atoms with Crippen molar-refractivity contribution in [3.8, 4) is 5.75 Å². The monoisotopic (exact) mass is 263 g/mol. The van der Waals surface area contributed by atoms with Crippen molar-refractivity contribution in [2.75, 3.05) is 6.54 Å². The molecule has 0 spiro atoms. The van der Waals surface area contributed by atoms with Gasteiger partial charge in [0.05, 0.1) is 11.1 Å². The van der Waals surface area contributed by atoms with Gasteiger partial charge in [-0.2, -0.15) is 0 Å². The quantitative estimate of drug-likeness (QED) is 0.783. The smallest absolute Gasteiger partial charge is 0.140 e. The number of hydrogen-bond acceptors (Lipinski definition) is 3. The summed E-state index contributed by atoms with van der Waals surface area (Å²) < 4.78 is 0. The Morgan fingerprint density at radius 1 is 1.31 bits per heavy atom. The summed E-state index contributed by atoms with van der Waals surface area (Å²) in [6.07, 6.45) is -0.438. The fourth-order valence-corrected chi connectivity index (χ4v) is 1.69. The van der Waals surface area contributed by atoms with Crippen molar-refractivity contribution >= 4 is 23.2 Å². The molecule has 0 aromatic heterocycles. The van der Waals surface area contributed by atoms with E-state index in [1.54, 1.807) is 19.1 Å². The highest BCUT2D eigenvalue weighted by Crippen LogP contribution is 2.36. The van der Waals surface area contributed by atoms with Crippen LogP contribution in [-0.4, -0.2) is 22.9 Å². The summed E-state index contributed by atoms with van der Waals surface area (Å²) in [5.74, 6) is -0.0141. The van der Waals surface area contributed by atoms with Crippen LogP contribution in [0.3, 0.4) is 0 Å². The second-order valence-electron chi connectivity index (χ2n) is 3.78. The molecule has 3 nitrogen and oxygen atoms in total. The van der Waals surface area contributed by atoms with Crippen LogP contribution >= 0.6 is 23.2 Å². The van der Waals surface area contributed by atoms with Gasteiger partial charge in [-0.3, -0.25) is 0 Å². The Morgan fingerprint density at radius 3 is 2.50 bits per heavy atom. The molecule has 0 saturated carbocycles. The third kappa shape index (κ3) is 3.25. The van der Waals surface area contributed by atoms with E-state index in [1.807, 2.05) is 6.92 Å². The molecule has 0 bridgehead atoms. The summed E-state index contributed by atoms with van der Waals surface area (Å²) in [4.78, 5) is 0. The molecule has 0 aliphatic heterocycles. The van der Waals surface area contributed by atoms with E-state index in [4.69, 9.17) is 28.3 Å². The van der Waals surface area contributed by atoms with Crippen LogP contribution in [0.25, 0.3) is 0 Å². The highest BCUT2D eigenvalue weighted by atomic mass is 35.5. The molecule has 0 fully saturated rings. The third-order valence-electron chi connectivity index (χ3n) is 2.29. The van der Waals surface area contributed by atoms with Gasteiger partial charge in [0.1, 0.15) is 10.8 Å². The summed E-state index contributed by atoms with van der Waals surface area (Å²) in [5, 5.41) is 22.5. The van der Waals surface area contributed by atoms with E-state index in [1.165, 1.54) is 0 Å². The predicted octanol–water partition coefficient (Wildman–Crippen LogP) is 2.73. The van der Waals surface area contributed by atoms with Crippen molar-refractivity contribution in [3.63, 3.8) is 0 Å². The average molecular weight is 264 g/mol. The van der Waals surface area contributed by atoms with Gasteiger partial charge >= 0.3 is 0 Å². The Labute approximate surface area is 105 Å². The van der Waals surface area contributed by atoms with Gasteiger partial charge in [0.2, 0.25) is 0 Å². The number of benzene rings is 1. The molecule has 1 aromatic rings. The van der Waals surface area contributed by atoms with Gasteiger partial charge in [-0.1, -0.05) is 29.3 Å². The largest absolute Gasteiger partial charge is 0.506 e. The van der Waals surface area contributed by atoms with Gasteiger partial charge in [0.15, 0.2) is 0 Å². The standard InChI is InChI=1S/C11H15Cl2NO2/c1-6(15)5-14-7(2)8-3-4-9(12)10(13)11(8)16/h3-4,6-7,14-16H,5H2,1-2H3/t6-,7?/m1/s1. The van der Waals surface area contributed by atoms with Crippen LogP contribution in [0.1, 0.15) is 25.5 Å². The fraction of sp³-hybridized carbons (Fsp3) is 0.455. The van der Waals surface area contributed by atoms with Crippen LogP contribution in [0.4, 0.5) is 0 Å². The maximum absolute atomic E-state index is 9.80. The molecular formula is C11H15Cl2NO2. The van der Waals surface area contributed by atoms with Gasteiger partial charge in [-0.15, -0.1) is 0 Å². The molecule has 1 aromatic carbocycles. The molecule has 0 saturated heterocycles. The molecule has 2 atom stereocenters. The lowest BCUT2D eigenvalue weighted by atomic mass is 10.1. The molecule has 1 unspecified atom stereocenters. The lowest BCUT2D eigenvalue weighted by Crippen LogP contribution is -2.27. The molecule has 0 radical (unpaired) electrons. The molecule has 0 amide bonds. The predicted molar refractivity (Wildman–Crippen MR) is 66.2 cm³/mol.